The molecule has 2 nitrogen and oxygen atoms in total. The van der Waals surface area contributed by atoms with E-state index in [4.69, 9.17) is 0 Å². The second-order valence-corrected chi connectivity index (χ2v) is 5.84. The van der Waals surface area contributed by atoms with Crippen LogP contribution in [0, 0.1) is 5.41 Å². The van der Waals surface area contributed by atoms with Gasteiger partial charge in [-0.25, -0.2) is 0 Å². The van der Waals surface area contributed by atoms with Crippen molar-refractivity contribution >= 4 is 0 Å². The lowest BCUT2D eigenvalue weighted by molar-refractivity contribution is -0.130. The first-order valence-electron chi connectivity index (χ1n) is 5.93. The predicted octanol–water partition coefficient (Wildman–Crippen LogP) is 2.02. The zero-order valence-corrected chi connectivity index (χ0v) is 9.71. The van der Waals surface area contributed by atoms with E-state index in [-0.39, 0.29) is 0 Å². The van der Waals surface area contributed by atoms with Crippen molar-refractivity contribution in [1.82, 2.24) is 4.90 Å². The molecule has 1 spiro atoms. The largest absolute Gasteiger partial charge is 0.389 e. The van der Waals surface area contributed by atoms with Crippen LogP contribution in [-0.4, -0.2) is 34.7 Å². The van der Waals surface area contributed by atoms with E-state index in [1.165, 1.54) is 32.4 Å². The highest BCUT2D eigenvalue weighted by molar-refractivity contribution is 5.04. The first-order chi connectivity index (χ1) is 6.47. The average molecular weight is 197 g/mol. The molecule has 0 amide bonds. The Morgan fingerprint density at radius 2 is 1.93 bits per heavy atom. The van der Waals surface area contributed by atoms with E-state index in [9.17, 15) is 5.11 Å². The maximum Gasteiger partial charge on any atom is 0.0746 e. The summed E-state index contributed by atoms with van der Waals surface area (Å²) >= 11 is 0. The SMILES string of the molecule is CCC(N1CC2(CCC2)C1)C(C)(C)O. The Kier molecular flexibility index (Phi) is 2.39. The van der Waals surface area contributed by atoms with E-state index < -0.39 is 5.60 Å². The van der Waals surface area contributed by atoms with Crippen LogP contribution in [0.5, 0.6) is 0 Å². The summed E-state index contributed by atoms with van der Waals surface area (Å²) < 4.78 is 0. The Morgan fingerprint density at radius 3 is 2.21 bits per heavy atom. The van der Waals surface area contributed by atoms with Gasteiger partial charge in [-0.3, -0.25) is 4.90 Å². The first kappa shape index (κ1) is 10.4. The molecular formula is C12H23NO. The molecule has 14 heavy (non-hydrogen) atoms. The van der Waals surface area contributed by atoms with Crippen molar-refractivity contribution in [3.8, 4) is 0 Å². The molecule has 0 aromatic heterocycles. The lowest BCUT2D eigenvalue weighted by Crippen LogP contribution is -2.66. The summed E-state index contributed by atoms with van der Waals surface area (Å²) in [7, 11) is 0. The van der Waals surface area contributed by atoms with Gasteiger partial charge in [-0.2, -0.15) is 0 Å². The van der Waals surface area contributed by atoms with Crippen LogP contribution in [0.4, 0.5) is 0 Å². The molecular weight excluding hydrogens is 174 g/mol. The Bertz CT molecular complexity index is 207. The van der Waals surface area contributed by atoms with Crippen LogP contribution in [0.2, 0.25) is 0 Å². The van der Waals surface area contributed by atoms with Gasteiger partial charge in [-0.1, -0.05) is 13.3 Å². The molecule has 0 aromatic carbocycles. The standard InChI is InChI=1S/C12H23NO/c1-4-10(11(2,3)14)13-8-12(9-13)6-5-7-12/h10,14H,4-9H2,1-3H3. The van der Waals surface area contributed by atoms with Gasteiger partial charge in [0.15, 0.2) is 0 Å². The summed E-state index contributed by atoms with van der Waals surface area (Å²) in [6, 6.07) is 0.355. The number of hydrogen-bond donors (Lipinski definition) is 1. The number of likely N-dealkylation sites (tertiary alicyclic amines) is 1. The molecule has 1 atom stereocenters. The number of aliphatic hydroxyl groups is 1. The predicted molar refractivity (Wildman–Crippen MR) is 58.2 cm³/mol. The average Bonchev–Trinajstić information content (AvgIpc) is 1.88. The second-order valence-electron chi connectivity index (χ2n) is 5.84. The Hall–Kier alpha value is -0.0800. The summed E-state index contributed by atoms with van der Waals surface area (Å²) in [4.78, 5) is 2.47. The molecule has 82 valence electrons. The summed E-state index contributed by atoms with van der Waals surface area (Å²) in [5, 5.41) is 10.0. The van der Waals surface area contributed by atoms with E-state index in [0.717, 1.165) is 6.42 Å². The fourth-order valence-corrected chi connectivity index (χ4v) is 3.23. The van der Waals surface area contributed by atoms with Gasteiger partial charge in [-0.15, -0.1) is 0 Å². The van der Waals surface area contributed by atoms with Crippen molar-refractivity contribution in [3.63, 3.8) is 0 Å². The first-order valence-corrected chi connectivity index (χ1v) is 5.93. The van der Waals surface area contributed by atoms with Gasteiger partial charge in [0.25, 0.3) is 0 Å². The fourth-order valence-electron chi connectivity index (χ4n) is 3.23. The molecule has 0 bridgehead atoms. The third-order valence-corrected chi connectivity index (χ3v) is 4.13. The molecule has 1 N–H and O–H groups in total. The van der Waals surface area contributed by atoms with Crippen LogP contribution in [-0.2, 0) is 0 Å². The van der Waals surface area contributed by atoms with Crippen molar-refractivity contribution in [3.05, 3.63) is 0 Å². The van der Waals surface area contributed by atoms with Gasteiger partial charge < -0.3 is 5.11 Å². The van der Waals surface area contributed by atoms with Gasteiger partial charge in [0.05, 0.1) is 5.60 Å². The highest BCUT2D eigenvalue weighted by Crippen LogP contribution is 2.49. The van der Waals surface area contributed by atoms with Gasteiger partial charge in [0, 0.05) is 19.1 Å². The van der Waals surface area contributed by atoms with Gasteiger partial charge in [-0.05, 0) is 38.5 Å². The van der Waals surface area contributed by atoms with Crippen molar-refractivity contribution in [2.45, 2.75) is 58.1 Å². The van der Waals surface area contributed by atoms with Crippen molar-refractivity contribution in [2.24, 2.45) is 5.41 Å². The van der Waals surface area contributed by atoms with Crippen LogP contribution >= 0.6 is 0 Å². The third-order valence-electron chi connectivity index (χ3n) is 4.13. The molecule has 2 heteroatoms. The minimum absolute atomic E-state index is 0.355. The molecule has 1 saturated carbocycles. The van der Waals surface area contributed by atoms with Crippen LogP contribution < -0.4 is 0 Å². The molecule has 2 aliphatic rings. The molecule has 1 aliphatic carbocycles. The van der Waals surface area contributed by atoms with Crippen molar-refractivity contribution < 1.29 is 5.11 Å². The molecule has 1 aliphatic heterocycles. The molecule has 2 rings (SSSR count). The van der Waals surface area contributed by atoms with Crippen molar-refractivity contribution in [2.75, 3.05) is 13.1 Å². The fraction of sp³-hybridized carbons (Fsp3) is 1.00. The lowest BCUT2D eigenvalue weighted by Gasteiger charge is -2.60. The monoisotopic (exact) mass is 197 g/mol. The van der Waals surface area contributed by atoms with E-state index >= 15 is 0 Å². The topological polar surface area (TPSA) is 23.5 Å². The maximum absolute atomic E-state index is 10.0. The molecule has 1 heterocycles. The summed E-state index contributed by atoms with van der Waals surface area (Å²) in [5.41, 5.74) is 0.138. The zero-order valence-electron chi connectivity index (χ0n) is 9.71. The normalized spacial score (nSPS) is 28.3. The van der Waals surface area contributed by atoms with Gasteiger partial charge >= 0.3 is 0 Å². The number of nitrogens with zero attached hydrogens (tertiary/aromatic N) is 1. The highest BCUT2D eigenvalue weighted by atomic mass is 16.3. The summed E-state index contributed by atoms with van der Waals surface area (Å²) in [6.07, 6.45) is 5.32. The van der Waals surface area contributed by atoms with Gasteiger partial charge in [0.2, 0.25) is 0 Å². The Morgan fingerprint density at radius 1 is 1.36 bits per heavy atom. The maximum atomic E-state index is 10.0. The van der Waals surface area contributed by atoms with Gasteiger partial charge in [0.1, 0.15) is 0 Å². The third kappa shape index (κ3) is 1.59. The Balaban J connectivity index is 1.90. The van der Waals surface area contributed by atoms with Crippen molar-refractivity contribution in [1.29, 1.82) is 0 Å². The van der Waals surface area contributed by atoms with E-state index in [1.807, 2.05) is 13.8 Å². The number of hydrogen-bond acceptors (Lipinski definition) is 2. The quantitative estimate of drug-likeness (QED) is 0.748. The molecule has 1 unspecified atom stereocenters. The molecule has 1 saturated heterocycles. The number of rotatable bonds is 3. The van der Waals surface area contributed by atoms with E-state index in [0.29, 0.717) is 11.5 Å². The zero-order chi connectivity index (χ0) is 10.4. The molecule has 0 aromatic rings. The Labute approximate surface area is 87.3 Å². The summed E-state index contributed by atoms with van der Waals surface area (Å²) in [5.74, 6) is 0. The van der Waals surface area contributed by atoms with Crippen LogP contribution in [0.25, 0.3) is 0 Å². The minimum atomic E-state index is -0.542. The van der Waals surface area contributed by atoms with E-state index in [2.05, 4.69) is 11.8 Å². The lowest BCUT2D eigenvalue weighted by atomic mass is 9.62. The smallest absolute Gasteiger partial charge is 0.0746 e. The van der Waals surface area contributed by atoms with E-state index in [1.54, 1.807) is 0 Å². The second kappa shape index (κ2) is 3.21. The minimum Gasteiger partial charge on any atom is -0.389 e. The van der Waals surface area contributed by atoms with Crippen LogP contribution in [0.3, 0.4) is 0 Å². The van der Waals surface area contributed by atoms with Crippen LogP contribution in [0.1, 0.15) is 46.5 Å². The highest BCUT2D eigenvalue weighted by Gasteiger charge is 2.50. The molecule has 0 radical (unpaired) electrons. The van der Waals surface area contributed by atoms with Crippen LogP contribution in [0.15, 0.2) is 0 Å². The summed E-state index contributed by atoms with van der Waals surface area (Å²) in [6.45, 7) is 8.51. The molecule has 2 fully saturated rings.